The predicted molar refractivity (Wildman–Crippen MR) is 47.0 cm³/mol. The van der Waals surface area contributed by atoms with Crippen molar-refractivity contribution in [2.24, 2.45) is 0 Å². The van der Waals surface area contributed by atoms with E-state index in [0.29, 0.717) is 11.2 Å². The number of rotatable bonds is 4. The summed E-state index contributed by atoms with van der Waals surface area (Å²) in [6.07, 6.45) is 6.75. The van der Waals surface area contributed by atoms with E-state index in [1.165, 1.54) is 0 Å². The Kier molecular flexibility index (Phi) is 6.63. The highest BCUT2D eigenvalue weighted by Gasteiger charge is 1.98. The summed E-state index contributed by atoms with van der Waals surface area (Å²) >= 11 is 3.48. The maximum Gasteiger partial charge on any atom is 0.0622 e. The second-order valence-electron chi connectivity index (χ2n) is 2.10. The van der Waals surface area contributed by atoms with Crippen LogP contribution in [0.25, 0.3) is 0 Å². The number of halogens is 1. The van der Waals surface area contributed by atoms with Gasteiger partial charge in [0.25, 0.3) is 0 Å². The highest BCUT2D eigenvalue weighted by molar-refractivity contribution is 9.09. The van der Waals surface area contributed by atoms with Crippen molar-refractivity contribution < 1.29 is 0 Å². The molecule has 0 aliphatic heterocycles. The Bertz CT molecular complexity index is 135. The molecule has 0 saturated heterocycles. The van der Waals surface area contributed by atoms with Gasteiger partial charge in [-0.1, -0.05) is 28.1 Å². The summed E-state index contributed by atoms with van der Waals surface area (Å²) in [4.78, 5) is 0.475. The molecular formula is C8H12BrN. The van der Waals surface area contributed by atoms with E-state index < -0.39 is 0 Å². The lowest BCUT2D eigenvalue weighted by Crippen LogP contribution is -1.93. The van der Waals surface area contributed by atoms with Crippen LogP contribution >= 0.6 is 15.9 Å². The van der Waals surface area contributed by atoms with Crippen LogP contribution in [0.15, 0.2) is 12.2 Å². The third kappa shape index (κ3) is 5.84. The highest BCUT2D eigenvalue weighted by atomic mass is 79.9. The van der Waals surface area contributed by atoms with E-state index in [-0.39, 0.29) is 0 Å². The zero-order valence-corrected chi connectivity index (χ0v) is 7.76. The van der Waals surface area contributed by atoms with Crippen molar-refractivity contribution in [1.82, 2.24) is 0 Å². The molecule has 0 aliphatic rings. The molecule has 0 heterocycles. The molecule has 10 heavy (non-hydrogen) atoms. The van der Waals surface area contributed by atoms with Gasteiger partial charge in [0, 0.05) is 11.2 Å². The van der Waals surface area contributed by atoms with Crippen LogP contribution < -0.4 is 0 Å². The number of nitrogens with zero attached hydrogens (tertiary/aromatic N) is 1. The second-order valence-corrected chi connectivity index (χ2v) is 3.39. The maximum absolute atomic E-state index is 8.25. The first-order chi connectivity index (χ1) is 4.81. The zero-order valence-electron chi connectivity index (χ0n) is 6.18. The standard InChI is InChI=1S/C8H12BrN/c1-2-3-5-8(9)6-4-7-10/h2-3,8H,4-6H2,1H3/b3-2+. The van der Waals surface area contributed by atoms with Crippen LogP contribution in [0, 0.1) is 11.3 Å². The first kappa shape index (κ1) is 9.71. The summed E-state index contributed by atoms with van der Waals surface area (Å²) in [5.41, 5.74) is 0. The zero-order chi connectivity index (χ0) is 7.82. The van der Waals surface area contributed by atoms with Gasteiger partial charge in [-0.2, -0.15) is 5.26 Å². The molecule has 0 saturated carbocycles. The third-order valence-electron chi connectivity index (χ3n) is 1.20. The lowest BCUT2D eigenvalue weighted by Gasteiger charge is -2.01. The number of allylic oxidation sites excluding steroid dienone is 2. The van der Waals surface area contributed by atoms with Crippen LogP contribution in [0.5, 0.6) is 0 Å². The third-order valence-corrected chi connectivity index (χ3v) is 2.03. The number of nitriles is 1. The van der Waals surface area contributed by atoms with Crippen molar-refractivity contribution in [3.63, 3.8) is 0 Å². The molecule has 0 aliphatic carbocycles. The lowest BCUT2D eigenvalue weighted by molar-refractivity contribution is 0.798. The number of alkyl halides is 1. The SMILES string of the molecule is C/C=C/CC(Br)CCC#N. The van der Waals surface area contributed by atoms with E-state index in [0.717, 1.165) is 12.8 Å². The highest BCUT2D eigenvalue weighted by Crippen LogP contribution is 2.12. The molecule has 1 unspecified atom stereocenters. The molecule has 0 aromatic carbocycles. The molecule has 0 aromatic heterocycles. The average Bonchev–Trinajstić information content (AvgIpc) is 1.97. The van der Waals surface area contributed by atoms with Crippen LogP contribution in [0.4, 0.5) is 0 Å². The second kappa shape index (κ2) is 6.82. The summed E-state index contributed by atoms with van der Waals surface area (Å²) in [5.74, 6) is 0. The fourth-order valence-electron chi connectivity index (χ4n) is 0.623. The van der Waals surface area contributed by atoms with Crippen LogP contribution in [-0.4, -0.2) is 4.83 Å². The minimum absolute atomic E-state index is 0.475. The van der Waals surface area contributed by atoms with Gasteiger partial charge >= 0.3 is 0 Å². The van der Waals surface area contributed by atoms with E-state index in [2.05, 4.69) is 28.1 Å². The fraction of sp³-hybridized carbons (Fsp3) is 0.625. The lowest BCUT2D eigenvalue weighted by atomic mass is 10.2. The Balaban J connectivity index is 3.26. The van der Waals surface area contributed by atoms with E-state index in [9.17, 15) is 0 Å². The molecule has 0 amide bonds. The summed E-state index contributed by atoms with van der Waals surface area (Å²) in [6.45, 7) is 2.00. The van der Waals surface area contributed by atoms with E-state index in [1.807, 2.05) is 13.0 Å². The maximum atomic E-state index is 8.25. The fourth-order valence-corrected chi connectivity index (χ4v) is 1.07. The molecule has 2 heteroatoms. The Morgan fingerprint density at radius 3 is 2.90 bits per heavy atom. The molecule has 0 radical (unpaired) electrons. The predicted octanol–water partition coefficient (Wildman–Crippen LogP) is 3.02. The van der Waals surface area contributed by atoms with Crippen molar-refractivity contribution >= 4 is 15.9 Å². The van der Waals surface area contributed by atoms with Crippen LogP contribution in [0.1, 0.15) is 26.2 Å². The molecular weight excluding hydrogens is 190 g/mol. The molecule has 56 valence electrons. The Hall–Kier alpha value is -0.290. The molecule has 0 fully saturated rings. The molecule has 1 nitrogen and oxygen atoms in total. The average molecular weight is 202 g/mol. The topological polar surface area (TPSA) is 23.8 Å². The number of hydrogen-bond acceptors (Lipinski definition) is 1. The molecule has 1 atom stereocenters. The van der Waals surface area contributed by atoms with Crippen LogP contribution in [0.3, 0.4) is 0 Å². The van der Waals surface area contributed by atoms with Gasteiger partial charge in [0.2, 0.25) is 0 Å². The van der Waals surface area contributed by atoms with Gasteiger partial charge in [0.1, 0.15) is 0 Å². The quantitative estimate of drug-likeness (QED) is 0.507. The first-order valence-corrected chi connectivity index (χ1v) is 4.35. The van der Waals surface area contributed by atoms with Crippen LogP contribution in [0.2, 0.25) is 0 Å². The van der Waals surface area contributed by atoms with Gasteiger partial charge in [-0.25, -0.2) is 0 Å². The summed E-state index contributed by atoms with van der Waals surface area (Å²) in [7, 11) is 0. The van der Waals surface area contributed by atoms with Gasteiger partial charge in [-0.3, -0.25) is 0 Å². The summed E-state index contributed by atoms with van der Waals surface area (Å²) in [5, 5.41) is 8.25. The minimum atomic E-state index is 0.475. The van der Waals surface area contributed by atoms with E-state index >= 15 is 0 Å². The van der Waals surface area contributed by atoms with E-state index in [1.54, 1.807) is 0 Å². The first-order valence-electron chi connectivity index (χ1n) is 3.43. The molecule has 0 N–H and O–H groups in total. The minimum Gasteiger partial charge on any atom is -0.198 e. The largest absolute Gasteiger partial charge is 0.198 e. The summed E-state index contributed by atoms with van der Waals surface area (Å²) in [6, 6.07) is 2.12. The van der Waals surface area contributed by atoms with Crippen molar-refractivity contribution in [3.05, 3.63) is 12.2 Å². The van der Waals surface area contributed by atoms with Gasteiger partial charge in [0.15, 0.2) is 0 Å². The van der Waals surface area contributed by atoms with Gasteiger partial charge in [-0.05, 0) is 19.8 Å². The Morgan fingerprint density at radius 1 is 1.70 bits per heavy atom. The Morgan fingerprint density at radius 2 is 2.40 bits per heavy atom. The van der Waals surface area contributed by atoms with Gasteiger partial charge in [0.05, 0.1) is 6.07 Å². The smallest absolute Gasteiger partial charge is 0.0622 e. The molecule has 0 aromatic rings. The van der Waals surface area contributed by atoms with Crippen molar-refractivity contribution in [2.75, 3.05) is 0 Å². The molecule has 0 spiro atoms. The Labute approximate surface area is 70.9 Å². The van der Waals surface area contributed by atoms with E-state index in [4.69, 9.17) is 5.26 Å². The van der Waals surface area contributed by atoms with Crippen molar-refractivity contribution in [2.45, 2.75) is 31.0 Å². The summed E-state index contributed by atoms with van der Waals surface area (Å²) < 4.78 is 0. The molecule has 0 bridgehead atoms. The van der Waals surface area contributed by atoms with Crippen molar-refractivity contribution in [3.8, 4) is 6.07 Å². The molecule has 0 rings (SSSR count). The number of hydrogen-bond donors (Lipinski definition) is 0. The monoisotopic (exact) mass is 201 g/mol. The van der Waals surface area contributed by atoms with Gasteiger partial charge in [-0.15, -0.1) is 0 Å². The normalized spacial score (nSPS) is 13.3. The van der Waals surface area contributed by atoms with Crippen LogP contribution in [-0.2, 0) is 0 Å². The van der Waals surface area contributed by atoms with Gasteiger partial charge < -0.3 is 0 Å². The van der Waals surface area contributed by atoms with Crippen molar-refractivity contribution in [1.29, 1.82) is 5.26 Å².